The van der Waals surface area contributed by atoms with E-state index < -0.39 is 0 Å². The molecule has 0 atom stereocenters. The average Bonchev–Trinajstić information content (AvgIpc) is 2.75. The fourth-order valence-electron chi connectivity index (χ4n) is 2.54. The van der Waals surface area contributed by atoms with Crippen LogP contribution in [0.3, 0.4) is 0 Å². The number of carbonyl (C=O) groups excluding carboxylic acids is 1. The van der Waals surface area contributed by atoms with E-state index in [-0.39, 0.29) is 17.2 Å². The molecule has 0 radical (unpaired) electrons. The van der Waals surface area contributed by atoms with Gasteiger partial charge in [0.25, 0.3) is 5.56 Å². The van der Waals surface area contributed by atoms with Crippen LogP contribution in [-0.2, 0) is 0 Å². The van der Waals surface area contributed by atoms with Crippen molar-refractivity contribution in [3.05, 3.63) is 67.8 Å². The Bertz CT molecular complexity index is 960. The normalized spacial score (nSPS) is 12.6. The maximum atomic E-state index is 12.6. The van der Waals surface area contributed by atoms with Crippen molar-refractivity contribution in [2.24, 2.45) is 0 Å². The molecule has 3 aromatic rings. The number of rotatable bonds is 0. The molecule has 2 heterocycles. The first kappa shape index (κ1) is 11.8. The summed E-state index contributed by atoms with van der Waals surface area (Å²) < 4.78 is 2.30. The molecule has 0 unspecified atom stereocenters. The molecule has 2 aromatic carbocycles. The minimum atomic E-state index is -0.193. The van der Waals surface area contributed by atoms with E-state index in [0.29, 0.717) is 22.2 Å². The summed E-state index contributed by atoms with van der Waals surface area (Å²) in [6.07, 6.45) is 0. The van der Waals surface area contributed by atoms with E-state index in [1.165, 1.54) is 4.57 Å². The van der Waals surface area contributed by atoms with Gasteiger partial charge in [-0.25, -0.2) is 4.98 Å². The van der Waals surface area contributed by atoms with E-state index >= 15 is 0 Å². The van der Waals surface area contributed by atoms with E-state index in [0.717, 1.165) is 3.57 Å². The zero-order chi connectivity index (χ0) is 13.9. The molecular formula is C15H7IN2O2. The van der Waals surface area contributed by atoms with E-state index in [1.54, 1.807) is 24.3 Å². The van der Waals surface area contributed by atoms with Crippen LogP contribution in [0, 0.1) is 3.57 Å². The van der Waals surface area contributed by atoms with Crippen LogP contribution in [0.1, 0.15) is 16.2 Å². The Morgan fingerprint density at radius 2 is 1.80 bits per heavy atom. The van der Waals surface area contributed by atoms with Crippen molar-refractivity contribution in [1.29, 1.82) is 0 Å². The SMILES string of the molecule is O=C1c2cccc(I)c2-n2c1nc1ccccc1c2=O. The number of para-hydroxylation sites is 2. The highest BCUT2D eigenvalue weighted by molar-refractivity contribution is 14.1. The zero-order valence-electron chi connectivity index (χ0n) is 10.1. The highest BCUT2D eigenvalue weighted by atomic mass is 127. The summed E-state index contributed by atoms with van der Waals surface area (Å²) in [6.45, 7) is 0. The number of aromatic nitrogens is 2. The van der Waals surface area contributed by atoms with Crippen LogP contribution in [-0.4, -0.2) is 15.3 Å². The van der Waals surface area contributed by atoms with Crippen LogP contribution >= 0.6 is 22.6 Å². The van der Waals surface area contributed by atoms with Crippen LogP contribution in [0.2, 0.25) is 0 Å². The Balaban J connectivity index is 2.25. The van der Waals surface area contributed by atoms with Gasteiger partial charge in [0.2, 0.25) is 5.78 Å². The topological polar surface area (TPSA) is 52.0 Å². The first-order valence-electron chi connectivity index (χ1n) is 6.04. The van der Waals surface area contributed by atoms with Gasteiger partial charge in [-0.15, -0.1) is 0 Å². The Morgan fingerprint density at radius 3 is 2.65 bits per heavy atom. The molecule has 1 aromatic heterocycles. The molecule has 5 heteroatoms. The minimum Gasteiger partial charge on any atom is -0.285 e. The van der Waals surface area contributed by atoms with Crippen LogP contribution in [0.4, 0.5) is 0 Å². The molecule has 20 heavy (non-hydrogen) atoms. The molecule has 1 aliphatic rings. The predicted octanol–water partition coefficient (Wildman–Crippen LogP) is 2.53. The van der Waals surface area contributed by atoms with Gasteiger partial charge >= 0.3 is 0 Å². The van der Waals surface area contributed by atoms with Gasteiger partial charge in [-0.2, -0.15) is 0 Å². The first-order valence-corrected chi connectivity index (χ1v) is 7.12. The average molecular weight is 374 g/mol. The second-order valence-electron chi connectivity index (χ2n) is 4.56. The summed E-state index contributed by atoms with van der Waals surface area (Å²) in [5.74, 6) is 0.00850. The summed E-state index contributed by atoms with van der Waals surface area (Å²) in [4.78, 5) is 29.4. The van der Waals surface area contributed by atoms with E-state index in [9.17, 15) is 9.59 Å². The highest BCUT2D eigenvalue weighted by Gasteiger charge is 2.31. The maximum absolute atomic E-state index is 12.6. The molecule has 1 aliphatic heterocycles. The van der Waals surface area contributed by atoms with Crippen molar-refractivity contribution in [3.63, 3.8) is 0 Å². The third-order valence-corrected chi connectivity index (χ3v) is 4.30. The monoisotopic (exact) mass is 374 g/mol. The zero-order valence-corrected chi connectivity index (χ0v) is 12.3. The van der Waals surface area contributed by atoms with Crippen LogP contribution in [0.25, 0.3) is 16.6 Å². The number of nitrogens with zero attached hydrogens (tertiary/aromatic N) is 2. The Labute approximate surface area is 127 Å². The predicted molar refractivity (Wildman–Crippen MR) is 83.5 cm³/mol. The van der Waals surface area contributed by atoms with Crippen molar-refractivity contribution in [2.45, 2.75) is 0 Å². The molecule has 0 saturated carbocycles. The number of ketones is 1. The standard InChI is InChI=1S/C15H7IN2O2/c16-10-6-3-5-9-12(10)18-14(13(9)19)17-11-7-2-1-4-8(11)15(18)20/h1-7H. The van der Waals surface area contributed by atoms with Crippen molar-refractivity contribution in [3.8, 4) is 5.69 Å². The molecule has 0 N–H and O–H groups in total. The van der Waals surface area contributed by atoms with Gasteiger partial charge in [0.05, 0.1) is 22.2 Å². The van der Waals surface area contributed by atoms with Crippen molar-refractivity contribution < 1.29 is 4.79 Å². The summed E-state index contributed by atoms with van der Waals surface area (Å²) in [6, 6.07) is 12.5. The second-order valence-corrected chi connectivity index (χ2v) is 5.72. The minimum absolute atomic E-state index is 0.193. The van der Waals surface area contributed by atoms with Crippen molar-refractivity contribution in [1.82, 2.24) is 9.55 Å². The Kier molecular flexibility index (Phi) is 2.35. The number of hydrogen-bond donors (Lipinski definition) is 0. The number of halogens is 1. The maximum Gasteiger partial charge on any atom is 0.266 e. The molecule has 0 bridgehead atoms. The Morgan fingerprint density at radius 1 is 1.00 bits per heavy atom. The van der Waals surface area contributed by atoms with Crippen LogP contribution in [0.15, 0.2) is 47.3 Å². The molecule has 4 rings (SSSR count). The molecule has 96 valence electrons. The van der Waals surface area contributed by atoms with E-state index in [4.69, 9.17) is 0 Å². The number of fused-ring (bicyclic) bond motifs is 4. The largest absolute Gasteiger partial charge is 0.285 e. The molecule has 0 spiro atoms. The quantitative estimate of drug-likeness (QED) is 0.445. The van der Waals surface area contributed by atoms with Gasteiger partial charge in [0.1, 0.15) is 0 Å². The van der Waals surface area contributed by atoms with Gasteiger partial charge in [-0.1, -0.05) is 18.2 Å². The molecule has 0 saturated heterocycles. The lowest BCUT2D eigenvalue weighted by atomic mass is 10.1. The fourth-order valence-corrected chi connectivity index (χ4v) is 3.28. The van der Waals surface area contributed by atoms with Crippen molar-refractivity contribution >= 4 is 39.3 Å². The third-order valence-electron chi connectivity index (χ3n) is 3.43. The van der Waals surface area contributed by atoms with Gasteiger partial charge in [-0.3, -0.25) is 14.2 Å². The van der Waals surface area contributed by atoms with Crippen molar-refractivity contribution in [2.75, 3.05) is 0 Å². The number of hydrogen-bond acceptors (Lipinski definition) is 3. The lowest BCUT2D eigenvalue weighted by molar-refractivity contribution is 0.103. The third kappa shape index (κ3) is 1.38. The number of carbonyl (C=O) groups is 1. The van der Waals surface area contributed by atoms with Gasteiger partial charge in [-0.05, 0) is 46.9 Å². The summed E-state index contributed by atoms with van der Waals surface area (Å²) in [5.41, 5.74) is 1.55. The highest BCUT2D eigenvalue weighted by Crippen LogP contribution is 2.29. The summed E-state index contributed by atoms with van der Waals surface area (Å²) >= 11 is 2.13. The number of benzene rings is 2. The molecule has 0 fully saturated rings. The van der Waals surface area contributed by atoms with Gasteiger partial charge in [0.15, 0.2) is 5.82 Å². The fraction of sp³-hybridized carbons (Fsp3) is 0. The molecule has 0 amide bonds. The molecule has 0 aliphatic carbocycles. The Hall–Kier alpha value is -2.02. The first-order chi connectivity index (χ1) is 9.68. The van der Waals surface area contributed by atoms with E-state index in [1.807, 2.05) is 18.2 Å². The second kappa shape index (κ2) is 3.99. The summed E-state index contributed by atoms with van der Waals surface area (Å²) in [5, 5.41) is 0.525. The van der Waals surface area contributed by atoms with Crippen LogP contribution < -0.4 is 5.56 Å². The summed E-state index contributed by atoms with van der Waals surface area (Å²) in [7, 11) is 0. The van der Waals surface area contributed by atoms with Gasteiger partial charge in [0, 0.05) is 3.57 Å². The van der Waals surface area contributed by atoms with Crippen LogP contribution in [0.5, 0.6) is 0 Å². The lowest BCUT2D eigenvalue weighted by Crippen LogP contribution is -2.21. The van der Waals surface area contributed by atoms with E-state index in [2.05, 4.69) is 27.6 Å². The molecule has 4 nitrogen and oxygen atoms in total. The lowest BCUT2D eigenvalue weighted by Gasteiger charge is -2.06. The smallest absolute Gasteiger partial charge is 0.266 e. The van der Waals surface area contributed by atoms with Gasteiger partial charge < -0.3 is 0 Å². The molecular weight excluding hydrogens is 367 g/mol.